The van der Waals surface area contributed by atoms with Gasteiger partial charge in [0.1, 0.15) is 34.9 Å². The molecule has 40 heavy (non-hydrogen) atoms. The van der Waals surface area contributed by atoms with Gasteiger partial charge in [0.15, 0.2) is 0 Å². The molecule has 4 rings (SSSR count). The maximum atomic E-state index is 12.6. The highest BCUT2D eigenvalue weighted by atomic mass is 19.4. The molecule has 9 nitrogen and oxygen atoms in total. The molecule has 0 aliphatic carbocycles. The Morgan fingerprint density at radius 3 is 2.33 bits per heavy atom. The van der Waals surface area contributed by atoms with Gasteiger partial charge in [-0.05, 0) is 62.6 Å². The van der Waals surface area contributed by atoms with Crippen LogP contribution < -0.4 is 14.8 Å². The standard InChI is InChI=1S/C28H31F3N4O5/c1-27(2,3)40-26(37)34-9-6-7-18(15-34)17-8-10-35-20(14-32-23(35)13-17)19-11-21(38-4)24(22(12-19)39-5)25(36)33-16-28(29,30)31/h7-8,10-14H,6,9,15-16H2,1-5H3,(H,33,36). The number of nitrogens with one attached hydrogen (secondary N) is 1. The zero-order chi connectivity index (χ0) is 29.2. The van der Waals surface area contributed by atoms with Gasteiger partial charge >= 0.3 is 12.3 Å². The Bertz CT molecular complexity index is 1430. The Balaban J connectivity index is 1.62. The molecule has 2 aromatic heterocycles. The van der Waals surface area contributed by atoms with E-state index in [2.05, 4.69) is 11.1 Å². The predicted octanol–water partition coefficient (Wildman–Crippen LogP) is 5.33. The van der Waals surface area contributed by atoms with E-state index in [0.717, 1.165) is 11.1 Å². The van der Waals surface area contributed by atoms with Crippen molar-refractivity contribution in [3.05, 3.63) is 53.9 Å². The molecule has 12 heteroatoms. The van der Waals surface area contributed by atoms with Gasteiger partial charge in [-0.1, -0.05) is 6.08 Å². The number of alkyl halides is 3. The lowest BCUT2D eigenvalue weighted by Gasteiger charge is -2.30. The Labute approximate surface area is 229 Å². The number of nitrogens with zero attached hydrogens (tertiary/aromatic N) is 3. The molecule has 1 aliphatic heterocycles. The number of hydrogen-bond acceptors (Lipinski definition) is 6. The van der Waals surface area contributed by atoms with E-state index in [9.17, 15) is 22.8 Å². The highest BCUT2D eigenvalue weighted by Gasteiger charge is 2.30. The number of halogens is 3. The average molecular weight is 561 g/mol. The normalized spacial score (nSPS) is 14.1. The molecule has 3 heterocycles. The second-order valence-electron chi connectivity index (χ2n) is 10.3. The number of ether oxygens (including phenoxy) is 3. The summed E-state index contributed by atoms with van der Waals surface area (Å²) in [6.07, 6.45) is 1.34. The first-order chi connectivity index (χ1) is 18.8. The maximum absolute atomic E-state index is 12.6. The topological polar surface area (TPSA) is 94.4 Å². The van der Waals surface area contributed by atoms with Gasteiger partial charge < -0.3 is 24.4 Å². The highest BCUT2D eigenvalue weighted by molar-refractivity contribution is 6.00. The third-order valence-electron chi connectivity index (χ3n) is 6.16. The smallest absolute Gasteiger partial charge is 0.410 e. The van der Waals surface area contributed by atoms with E-state index in [1.54, 1.807) is 23.2 Å². The molecule has 0 saturated heterocycles. The van der Waals surface area contributed by atoms with Crippen LogP contribution >= 0.6 is 0 Å². The van der Waals surface area contributed by atoms with Crippen LogP contribution in [0.1, 0.15) is 43.1 Å². The molecule has 0 bridgehead atoms. The molecular formula is C28H31F3N4O5. The lowest BCUT2D eigenvalue weighted by atomic mass is 10.0. The monoisotopic (exact) mass is 560 g/mol. The first kappa shape index (κ1) is 28.8. The Kier molecular flexibility index (Phi) is 7.99. The summed E-state index contributed by atoms with van der Waals surface area (Å²) < 4.78 is 56.0. The molecule has 0 saturated carbocycles. The van der Waals surface area contributed by atoms with Crippen LogP contribution in [0.2, 0.25) is 0 Å². The van der Waals surface area contributed by atoms with Crippen molar-refractivity contribution >= 4 is 23.2 Å². The zero-order valence-corrected chi connectivity index (χ0v) is 22.9. The van der Waals surface area contributed by atoms with Crippen molar-refractivity contribution in [2.45, 2.75) is 39.0 Å². The van der Waals surface area contributed by atoms with Gasteiger partial charge in [0.25, 0.3) is 5.91 Å². The number of amides is 2. The van der Waals surface area contributed by atoms with Crippen molar-refractivity contribution in [1.29, 1.82) is 0 Å². The molecule has 0 atom stereocenters. The molecule has 214 valence electrons. The van der Waals surface area contributed by atoms with Gasteiger partial charge in [-0.3, -0.25) is 9.20 Å². The summed E-state index contributed by atoms with van der Waals surface area (Å²) in [5.41, 5.74) is 3.01. The van der Waals surface area contributed by atoms with E-state index in [4.69, 9.17) is 14.2 Å². The van der Waals surface area contributed by atoms with Crippen LogP contribution in [-0.4, -0.2) is 71.9 Å². The Morgan fingerprint density at radius 2 is 1.73 bits per heavy atom. The van der Waals surface area contributed by atoms with Crippen LogP contribution in [0, 0.1) is 0 Å². The van der Waals surface area contributed by atoms with E-state index in [1.807, 2.05) is 48.8 Å². The third-order valence-corrected chi connectivity index (χ3v) is 6.16. The van der Waals surface area contributed by atoms with Crippen molar-refractivity contribution in [3.8, 4) is 22.8 Å². The zero-order valence-electron chi connectivity index (χ0n) is 22.9. The van der Waals surface area contributed by atoms with E-state index >= 15 is 0 Å². The van der Waals surface area contributed by atoms with Gasteiger partial charge in [0, 0.05) is 24.8 Å². The second kappa shape index (κ2) is 11.1. The first-order valence-electron chi connectivity index (χ1n) is 12.6. The summed E-state index contributed by atoms with van der Waals surface area (Å²) >= 11 is 0. The highest BCUT2D eigenvalue weighted by Crippen LogP contribution is 2.36. The van der Waals surface area contributed by atoms with Gasteiger partial charge in [-0.25, -0.2) is 9.78 Å². The summed E-state index contributed by atoms with van der Waals surface area (Å²) in [6, 6.07) is 6.91. The lowest BCUT2D eigenvalue weighted by molar-refractivity contribution is -0.123. The summed E-state index contributed by atoms with van der Waals surface area (Å²) in [7, 11) is 2.64. The number of benzene rings is 1. The molecule has 0 unspecified atom stereocenters. The maximum Gasteiger partial charge on any atom is 0.410 e. The number of pyridine rings is 1. The van der Waals surface area contributed by atoms with E-state index in [-0.39, 0.29) is 23.2 Å². The number of fused-ring (bicyclic) bond motifs is 1. The minimum absolute atomic E-state index is 0.0511. The third kappa shape index (κ3) is 6.49. The van der Waals surface area contributed by atoms with Crippen molar-refractivity contribution in [2.75, 3.05) is 33.9 Å². The Morgan fingerprint density at radius 1 is 1.05 bits per heavy atom. The van der Waals surface area contributed by atoms with Crippen molar-refractivity contribution in [3.63, 3.8) is 0 Å². The van der Waals surface area contributed by atoms with E-state index < -0.39 is 24.2 Å². The molecular weight excluding hydrogens is 529 g/mol. The first-order valence-corrected chi connectivity index (χ1v) is 12.6. The van der Waals surface area contributed by atoms with Crippen molar-refractivity contribution in [2.24, 2.45) is 0 Å². The molecule has 1 N–H and O–H groups in total. The summed E-state index contributed by atoms with van der Waals surface area (Å²) in [5, 5.41) is 1.85. The van der Waals surface area contributed by atoms with Gasteiger partial charge in [0.05, 0.1) is 26.1 Å². The minimum Gasteiger partial charge on any atom is -0.496 e. The van der Waals surface area contributed by atoms with Crippen LogP contribution in [0.4, 0.5) is 18.0 Å². The molecule has 1 aromatic carbocycles. The fraction of sp³-hybridized carbons (Fsp3) is 0.393. The van der Waals surface area contributed by atoms with Crippen LogP contribution in [0.15, 0.2) is 42.7 Å². The summed E-state index contributed by atoms with van der Waals surface area (Å²) in [4.78, 5) is 31.3. The molecule has 3 aromatic rings. The molecule has 1 aliphatic rings. The molecule has 2 amide bonds. The Hall–Kier alpha value is -4.22. The molecule has 0 radical (unpaired) electrons. The average Bonchev–Trinajstić information content (AvgIpc) is 3.33. The lowest BCUT2D eigenvalue weighted by Crippen LogP contribution is -2.39. The number of hydrogen-bond donors (Lipinski definition) is 1. The van der Waals surface area contributed by atoms with Crippen LogP contribution in [0.5, 0.6) is 11.5 Å². The van der Waals surface area contributed by atoms with Crippen LogP contribution in [0.3, 0.4) is 0 Å². The summed E-state index contributed by atoms with van der Waals surface area (Å²) in [6.45, 7) is 4.99. The summed E-state index contributed by atoms with van der Waals surface area (Å²) in [5.74, 6) is -0.869. The van der Waals surface area contributed by atoms with Crippen molar-refractivity contribution < 1.29 is 37.0 Å². The minimum atomic E-state index is -4.56. The van der Waals surface area contributed by atoms with Gasteiger partial charge in [-0.15, -0.1) is 0 Å². The molecule has 0 spiro atoms. The predicted molar refractivity (Wildman–Crippen MR) is 143 cm³/mol. The van der Waals surface area contributed by atoms with Crippen LogP contribution in [-0.2, 0) is 4.74 Å². The number of aromatic nitrogens is 2. The molecule has 0 fully saturated rings. The van der Waals surface area contributed by atoms with Crippen molar-refractivity contribution in [1.82, 2.24) is 19.6 Å². The second-order valence-corrected chi connectivity index (χ2v) is 10.3. The quantitative estimate of drug-likeness (QED) is 0.438. The fourth-order valence-electron chi connectivity index (χ4n) is 4.38. The SMILES string of the molecule is COc1cc(-c2cnc3cc(C4=CCCN(C(=O)OC(C)(C)C)C4)ccn23)cc(OC)c1C(=O)NCC(F)(F)F. The van der Waals surface area contributed by atoms with Gasteiger partial charge in [-0.2, -0.15) is 13.2 Å². The number of imidazole rings is 1. The number of methoxy groups -OCH3 is 2. The number of carbonyl (C=O) groups is 2. The largest absolute Gasteiger partial charge is 0.496 e. The van der Waals surface area contributed by atoms with E-state index in [1.165, 1.54) is 14.2 Å². The fourth-order valence-corrected chi connectivity index (χ4v) is 4.38. The van der Waals surface area contributed by atoms with Gasteiger partial charge in [0.2, 0.25) is 0 Å². The van der Waals surface area contributed by atoms with Crippen LogP contribution in [0.25, 0.3) is 22.5 Å². The van der Waals surface area contributed by atoms with E-state index in [0.29, 0.717) is 36.4 Å². The number of rotatable bonds is 6. The number of carbonyl (C=O) groups excluding carboxylic acids is 2.